The van der Waals surface area contributed by atoms with Crippen LogP contribution in [0.3, 0.4) is 0 Å². The van der Waals surface area contributed by atoms with Gasteiger partial charge in [-0.15, -0.1) is 5.10 Å². The highest BCUT2D eigenvalue weighted by atomic mass is 16.6. The topological polar surface area (TPSA) is 103 Å². The fourth-order valence-corrected chi connectivity index (χ4v) is 4.80. The molecule has 1 saturated carbocycles. The van der Waals surface area contributed by atoms with Crippen LogP contribution in [-0.4, -0.2) is 80.7 Å². The smallest absolute Gasteiger partial charge is 0.267 e. The highest BCUT2D eigenvalue weighted by Gasteiger charge is 2.46. The van der Waals surface area contributed by atoms with Crippen LogP contribution >= 0.6 is 0 Å². The molecule has 2 aromatic rings. The molecular formula is C21H26N6O4. The number of amides is 2. The zero-order valence-corrected chi connectivity index (χ0v) is 17.4. The number of tetrazole rings is 1. The molecule has 0 N–H and O–H groups in total. The summed E-state index contributed by atoms with van der Waals surface area (Å²) in [5, 5.41) is 11.6. The molecule has 5 rings (SSSR count). The second-order valence-electron chi connectivity index (χ2n) is 8.33. The van der Waals surface area contributed by atoms with Crippen LogP contribution in [0, 0.1) is 0 Å². The van der Waals surface area contributed by atoms with E-state index in [2.05, 4.69) is 15.5 Å². The fraction of sp³-hybridized carbons (Fsp3) is 0.571. The largest absolute Gasteiger partial charge is 0.485 e. The molecule has 1 aliphatic carbocycles. The summed E-state index contributed by atoms with van der Waals surface area (Å²) in [6.45, 7) is 2.10. The van der Waals surface area contributed by atoms with Gasteiger partial charge in [0.2, 0.25) is 6.10 Å². The SMILES string of the molecule is O=C(C1COc2ccccc2O1)N1CCN(C(=O)C2(n3cnnn3)CCCCC2)CC1. The maximum Gasteiger partial charge on any atom is 0.267 e. The standard InChI is InChI=1S/C21H26N6O4/c28-19(18-14-30-16-6-2-3-7-17(16)31-18)25-10-12-26(13-11-25)20(29)21(8-4-1-5-9-21)27-15-22-23-24-27/h2-3,6-7,15,18H,1,4-5,8-14H2. The van der Waals surface area contributed by atoms with Gasteiger partial charge in [-0.3, -0.25) is 9.59 Å². The van der Waals surface area contributed by atoms with Crippen molar-refractivity contribution in [3.05, 3.63) is 30.6 Å². The summed E-state index contributed by atoms with van der Waals surface area (Å²) >= 11 is 0. The van der Waals surface area contributed by atoms with Crippen LogP contribution < -0.4 is 9.47 Å². The Morgan fingerprint density at radius 3 is 2.39 bits per heavy atom. The number of hydrogen-bond acceptors (Lipinski definition) is 7. The summed E-state index contributed by atoms with van der Waals surface area (Å²) < 4.78 is 13.2. The van der Waals surface area contributed by atoms with Crippen molar-refractivity contribution in [3.8, 4) is 11.5 Å². The van der Waals surface area contributed by atoms with E-state index in [1.807, 2.05) is 23.1 Å². The Hall–Kier alpha value is -3.17. The van der Waals surface area contributed by atoms with Crippen LogP contribution in [0.15, 0.2) is 30.6 Å². The van der Waals surface area contributed by atoms with Gasteiger partial charge in [0.15, 0.2) is 11.5 Å². The van der Waals surface area contributed by atoms with E-state index in [1.165, 1.54) is 0 Å². The molecule has 1 saturated heterocycles. The third-order valence-electron chi connectivity index (χ3n) is 6.53. The average molecular weight is 426 g/mol. The van der Waals surface area contributed by atoms with E-state index >= 15 is 0 Å². The number of benzene rings is 1. The van der Waals surface area contributed by atoms with E-state index in [0.717, 1.165) is 32.1 Å². The van der Waals surface area contributed by atoms with E-state index in [1.54, 1.807) is 22.0 Å². The number of rotatable bonds is 3. The van der Waals surface area contributed by atoms with Crippen molar-refractivity contribution in [1.29, 1.82) is 0 Å². The quantitative estimate of drug-likeness (QED) is 0.717. The number of piperazine rings is 1. The number of carbonyl (C=O) groups excluding carboxylic acids is 2. The van der Waals surface area contributed by atoms with Crippen molar-refractivity contribution in [3.63, 3.8) is 0 Å². The molecule has 164 valence electrons. The van der Waals surface area contributed by atoms with Gasteiger partial charge in [0.25, 0.3) is 11.8 Å². The van der Waals surface area contributed by atoms with E-state index in [4.69, 9.17) is 9.47 Å². The molecule has 3 aliphatic rings. The van der Waals surface area contributed by atoms with Crippen LogP contribution in [0.1, 0.15) is 32.1 Å². The van der Waals surface area contributed by atoms with E-state index in [-0.39, 0.29) is 18.4 Å². The normalized spacial score (nSPS) is 22.8. The van der Waals surface area contributed by atoms with Gasteiger partial charge in [-0.05, 0) is 35.4 Å². The highest BCUT2D eigenvalue weighted by molar-refractivity contribution is 5.85. The Morgan fingerprint density at radius 2 is 1.68 bits per heavy atom. The summed E-state index contributed by atoms with van der Waals surface area (Å²) in [4.78, 5) is 30.1. The summed E-state index contributed by atoms with van der Waals surface area (Å²) in [6, 6.07) is 7.35. The first-order valence-corrected chi connectivity index (χ1v) is 10.9. The van der Waals surface area contributed by atoms with Gasteiger partial charge in [0.1, 0.15) is 18.5 Å². The summed E-state index contributed by atoms with van der Waals surface area (Å²) in [5.74, 6) is 1.19. The first kappa shape index (κ1) is 19.8. The monoisotopic (exact) mass is 426 g/mol. The molecular weight excluding hydrogens is 400 g/mol. The lowest BCUT2D eigenvalue weighted by molar-refractivity contribution is -0.151. The van der Waals surface area contributed by atoms with Crippen molar-refractivity contribution < 1.29 is 19.1 Å². The third kappa shape index (κ3) is 3.60. The Kier molecular flexibility index (Phi) is 5.21. The third-order valence-corrected chi connectivity index (χ3v) is 6.53. The van der Waals surface area contributed by atoms with Crippen molar-refractivity contribution in [1.82, 2.24) is 30.0 Å². The fourth-order valence-electron chi connectivity index (χ4n) is 4.80. The number of hydrogen-bond donors (Lipinski definition) is 0. The molecule has 2 fully saturated rings. The average Bonchev–Trinajstić information content (AvgIpc) is 3.39. The lowest BCUT2D eigenvalue weighted by atomic mass is 9.80. The molecule has 1 aromatic heterocycles. The molecule has 2 aliphatic heterocycles. The predicted octanol–water partition coefficient (Wildman–Crippen LogP) is 0.843. The Labute approximate surface area is 180 Å². The lowest BCUT2D eigenvalue weighted by Crippen LogP contribution is -2.59. The number of fused-ring (bicyclic) bond motifs is 1. The van der Waals surface area contributed by atoms with E-state index in [9.17, 15) is 9.59 Å². The van der Waals surface area contributed by atoms with Crippen LogP contribution in [-0.2, 0) is 15.1 Å². The second-order valence-corrected chi connectivity index (χ2v) is 8.33. The Morgan fingerprint density at radius 1 is 0.968 bits per heavy atom. The number of aromatic nitrogens is 4. The minimum atomic E-state index is -0.710. The Bertz CT molecular complexity index is 935. The van der Waals surface area contributed by atoms with Crippen molar-refractivity contribution in [2.45, 2.75) is 43.7 Å². The zero-order valence-electron chi connectivity index (χ0n) is 17.4. The molecule has 10 heteroatoms. The number of carbonyl (C=O) groups is 2. The van der Waals surface area contributed by atoms with Gasteiger partial charge in [0.05, 0.1) is 0 Å². The molecule has 1 unspecified atom stereocenters. The molecule has 0 spiro atoms. The summed E-state index contributed by atoms with van der Waals surface area (Å²) in [7, 11) is 0. The molecule has 31 heavy (non-hydrogen) atoms. The second kappa shape index (κ2) is 8.16. The van der Waals surface area contributed by atoms with Crippen molar-refractivity contribution >= 4 is 11.8 Å². The lowest BCUT2D eigenvalue weighted by Gasteiger charge is -2.42. The van der Waals surface area contributed by atoms with Gasteiger partial charge >= 0.3 is 0 Å². The van der Waals surface area contributed by atoms with Gasteiger partial charge in [-0.25, -0.2) is 4.68 Å². The maximum atomic E-state index is 13.6. The van der Waals surface area contributed by atoms with Crippen LogP contribution in [0.2, 0.25) is 0 Å². The molecule has 0 radical (unpaired) electrons. The molecule has 1 aromatic carbocycles. The minimum Gasteiger partial charge on any atom is -0.485 e. The minimum absolute atomic E-state index is 0.0535. The first-order chi connectivity index (χ1) is 15.2. The Balaban J connectivity index is 1.23. The number of ether oxygens (including phenoxy) is 2. The first-order valence-electron chi connectivity index (χ1n) is 10.9. The van der Waals surface area contributed by atoms with Crippen molar-refractivity contribution in [2.24, 2.45) is 0 Å². The van der Waals surface area contributed by atoms with Crippen LogP contribution in [0.5, 0.6) is 11.5 Å². The zero-order chi connectivity index (χ0) is 21.3. The van der Waals surface area contributed by atoms with Crippen molar-refractivity contribution in [2.75, 3.05) is 32.8 Å². The van der Waals surface area contributed by atoms with Crippen LogP contribution in [0.4, 0.5) is 0 Å². The maximum absolute atomic E-state index is 13.6. The summed E-state index contributed by atoms with van der Waals surface area (Å²) in [6.07, 6.45) is 5.43. The number of nitrogens with zero attached hydrogens (tertiary/aromatic N) is 6. The van der Waals surface area contributed by atoms with Gasteiger partial charge in [-0.1, -0.05) is 31.4 Å². The predicted molar refractivity (Wildman–Crippen MR) is 108 cm³/mol. The molecule has 1 atom stereocenters. The molecule has 2 amide bonds. The summed E-state index contributed by atoms with van der Waals surface area (Å²) in [5.41, 5.74) is -0.710. The number of para-hydroxylation sites is 2. The molecule has 10 nitrogen and oxygen atoms in total. The van der Waals surface area contributed by atoms with Gasteiger partial charge in [0, 0.05) is 26.2 Å². The van der Waals surface area contributed by atoms with Crippen LogP contribution in [0.25, 0.3) is 0 Å². The van der Waals surface area contributed by atoms with Gasteiger partial charge < -0.3 is 19.3 Å². The highest BCUT2D eigenvalue weighted by Crippen LogP contribution is 2.36. The van der Waals surface area contributed by atoms with E-state index < -0.39 is 11.6 Å². The van der Waals surface area contributed by atoms with Gasteiger partial charge in [-0.2, -0.15) is 0 Å². The molecule has 3 heterocycles. The molecule has 0 bridgehead atoms. The van der Waals surface area contributed by atoms with E-state index in [0.29, 0.717) is 37.7 Å².